The zero-order valence-electron chi connectivity index (χ0n) is 23.7. The van der Waals surface area contributed by atoms with Crippen LogP contribution in [0.5, 0.6) is 5.75 Å². The zero-order valence-corrected chi connectivity index (χ0v) is 23.7. The predicted octanol–water partition coefficient (Wildman–Crippen LogP) is 2.21. The van der Waals surface area contributed by atoms with E-state index in [1.54, 1.807) is 30.6 Å². The summed E-state index contributed by atoms with van der Waals surface area (Å²) in [6, 6.07) is 7.80. The van der Waals surface area contributed by atoms with Crippen molar-refractivity contribution in [2.24, 2.45) is 4.99 Å². The first-order valence-electron chi connectivity index (χ1n) is 13.6. The minimum absolute atomic E-state index is 0.00971. The van der Waals surface area contributed by atoms with E-state index in [0.29, 0.717) is 28.2 Å². The number of alkyl halides is 3. The van der Waals surface area contributed by atoms with Crippen LogP contribution in [0.15, 0.2) is 60.0 Å². The largest absolute Gasteiger partial charge is 0.469 e. The first-order chi connectivity index (χ1) is 21.7. The van der Waals surface area contributed by atoms with Gasteiger partial charge in [0, 0.05) is 29.4 Å². The van der Waals surface area contributed by atoms with Gasteiger partial charge in [-0.15, -0.1) is 0 Å². The Morgan fingerprint density at radius 3 is 2.73 bits per heavy atom. The Kier molecular flexibility index (Phi) is 9.45. The number of benzene rings is 2. The second-order valence-electron chi connectivity index (χ2n) is 9.82. The van der Waals surface area contributed by atoms with E-state index in [-0.39, 0.29) is 36.4 Å². The van der Waals surface area contributed by atoms with Gasteiger partial charge in [-0.2, -0.15) is 19.0 Å². The summed E-state index contributed by atoms with van der Waals surface area (Å²) >= 11 is 0. The molecule has 0 saturated heterocycles. The topological polar surface area (TPSA) is 177 Å². The predicted molar refractivity (Wildman–Crippen MR) is 155 cm³/mol. The molecule has 2 aromatic carbocycles. The minimum atomic E-state index is -3.12. The molecule has 0 spiro atoms. The molecule has 45 heavy (non-hydrogen) atoms. The third kappa shape index (κ3) is 7.87. The molecule has 1 aliphatic heterocycles. The molecule has 5 N–H and O–H groups in total. The number of guanidine groups is 1. The molecule has 0 aliphatic carbocycles. The number of methoxy groups -OCH3 is 1. The Balaban J connectivity index is 1.31. The van der Waals surface area contributed by atoms with Crippen LogP contribution < -0.4 is 26.0 Å². The van der Waals surface area contributed by atoms with Crippen molar-refractivity contribution in [3.8, 4) is 11.4 Å². The number of H-pyrrole nitrogens is 1. The van der Waals surface area contributed by atoms with Crippen molar-refractivity contribution in [3.05, 3.63) is 66.1 Å². The van der Waals surface area contributed by atoms with Crippen molar-refractivity contribution in [3.63, 3.8) is 0 Å². The molecule has 0 saturated carbocycles. The van der Waals surface area contributed by atoms with Crippen LogP contribution >= 0.6 is 0 Å². The highest BCUT2D eigenvalue weighted by Crippen LogP contribution is 2.28. The monoisotopic (exact) mass is 627 g/mol. The summed E-state index contributed by atoms with van der Waals surface area (Å²) in [4.78, 5) is 42.4. The number of rotatable bonds is 11. The number of carbonyl (C=O) groups is 3. The maximum absolute atomic E-state index is 13.5. The number of aromatic nitrogens is 4. The van der Waals surface area contributed by atoms with Crippen LogP contribution in [0.2, 0.25) is 0 Å². The molecule has 236 valence electrons. The maximum Gasteiger partial charge on any atom is 0.387 e. The van der Waals surface area contributed by atoms with Gasteiger partial charge in [-0.1, -0.05) is 0 Å². The van der Waals surface area contributed by atoms with Crippen LogP contribution in [0.25, 0.3) is 16.6 Å². The molecule has 2 atom stereocenters. The number of ether oxygens (including phenoxy) is 2. The fourth-order valence-electron chi connectivity index (χ4n) is 4.56. The van der Waals surface area contributed by atoms with Crippen molar-refractivity contribution >= 4 is 40.3 Å². The number of fused-ring (bicyclic) bond motifs is 1. The van der Waals surface area contributed by atoms with Crippen LogP contribution in [0.4, 0.5) is 18.9 Å². The first-order valence-corrected chi connectivity index (χ1v) is 13.6. The summed E-state index contributed by atoms with van der Waals surface area (Å²) in [6.07, 6.45) is 3.16. The van der Waals surface area contributed by atoms with Crippen molar-refractivity contribution < 1.29 is 37.0 Å². The Bertz CT molecular complexity index is 1710. The standard InChI is InChI=1S/C28H28F3N9O5/c1-44-25(42)10-21(15-5-18(40-4-2-3-36-40)9-19(6-15)45-27(30)31)37-24(41)14-32-26(43)16-7-22(20-13-35-39-23(20)8-16)38-28-33-11-17(29)12-34-28/h2-9,13,17,21,27H,10-12,14H2,1H3,(H,32,43)(H,35,39)(H,37,41)(H2,33,34,38)/t21-/m0/s1. The van der Waals surface area contributed by atoms with Gasteiger partial charge >= 0.3 is 12.6 Å². The number of anilines is 1. The van der Waals surface area contributed by atoms with Gasteiger partial charge in [0.1, 0.15) is 11.9 Å². The molecule has 4 aromatic rings. The lowest BCUT2D eigenvalue weighted by Crippen LogP contribution is -2.41. The molecule has 1 aliphatic rings. The summed E-state index contributed by atoms with van der Waals surface area (Å²) in [7, 11) is 1.17. The fraction of sp³-hybridized carbons (Fsp3) is 0.286. The van der Waals surface area contributed by atoms with Gasteiger partial charge in [-0.25, -0.2) is 14.1 Å². The normalized spacial score (nSPS) is 15.1. The van der Waals surface area contributed by atoms with E-state index in [2.05, 4.69) is 46.3 Å². The van der Waals surface area contributed by atoms with Crippen molar-refractivity contribution in [2.75, 3.05) is 32.1 Å². The Labute approximate surface area is 253 Å². The molecule has 0 bridgehead atoms. The van der Waals surface area contributed by atoms with E-state index in [1.165, 1.54) is 36.2 Å². The van der Waals surface area contributed by atoms with Gasteiger partial charge < -0.3 is 30.7 Å². The molecule has 2 aromatic heterocycles. The number of nitrogens with zero attached hydrogens (tertiary/aromatic N) is 4. The molecule has 17 heteroatoms. The summed E-state index contributed by atoms with van der Waals surface area (Å²) in [5, 5.41) is 22.6. The summed E-state index contributed by atoms with van der Waals surface area (Å²) in [5.74, 6) is -1.86. The number of hydrogen-bond acceptors (Lipinski definition) is 10. The number of esters is 1. The van der Waals surface area contributed by atoms with Crippen LogP contribution in [0, 0.1) is 0 Å². The second-order valence-corrected chi connectivity index (χ2v) is 9.82. The molecule has 14 nitrogen and oxygen atoms in total. The summed E-state index contributed by atoms with van der Waals surface area (Å²) in [5.41, 5.74) is 1.75. The van der Waals surface area contributed by atoms with E-state index in [1.807, 2.05) is 0 Å². The van der Waals surface area contributed by atoms with E-state index in [4.69, 9.17) is 4.74 Å². The van der Waals surface area contributed by atoms with Crippen molar-refractivity contribution in [2.45, 2.75) is 25.2 Å². The second kappa shape index (κ2) is 13.8. The molecular weight excluding hydrogens is 599 g/mol. The summed E-state index contributed by atoms with van der Waals surface area (Å²) < 4.78 is 50.4. The molecule has 1 unspecified atom stereocenters. The van der Waals surface area contributed by atoms with Crippen LogP contribution in [-0.4, -0.2) is 83.2 Å². The molecular formula is C28H28F3N9O5. The lowest BCUT2D eigenvalue weighted by atomic mass is 10.0. The Hall–Kier alpha value is -5.61. The lowest BCUT2D eigenvalue weighted by molar-refractivity contribution is -0.141. The van der Waals surface area contributed by atoms with Gasteiger partial charge in [0.15, 0.2) is 5.96 Å². The van der Waals surface area contributed by atoms with E-state index < -0.39 is 43.2 Å². The first kappa shape index (κ1) is 30.8. The third-order valence-corrected chi connectivity index (χ3v) is 6.67. The van der Waals surface area contributed by atoms with E-state index in [0.717, 1.165) is 0 Å². The molecule has 0 fully saturated rings. The third-order valence-electron chi connectivity index (χ3n) is 6.67. The Morgan fingerprint density at radius 1 is 1.18 bits per heavy atom. The van der Waals surface area contributed by atoms with Crippen LogP contribution in [0.3, 0.4) is 0 Å². The molecule has 0 radical (unpaired) electrons. The number of amides is 2. The smallest absolute Gasteiger partial charge is 0.387 e. The lowest BCUT2D eigenvalue weighted by Gasteiger charge is -2.21. The van der Waals surface area contributed by atoms with E-state index >= 15 is 0 Å². The fourth-order valence-corrected chi connectivity index (χ4v) is 4.56. The molecule has 5 rings (SSSR count). The molecule has 2 amide bonds. The van der Waals surface area contributed by atoms with Crippen LogP contribution in [-0.2, 0) is 14.3 Å². The highest BCUT2D eigenvalue weighted by Gasteiger charge is 2.23. The summed E-state index contributed by atoms with van der Waals surface area (Å²) in [6.45, 7) is -3.54. The average Bonchev–Trinajstić information content (AvgIpc) is 3.73. The molecule has 3 heterocycles. The average molecular weight is 628 g/mol. The number of aromatic amines is 1. The van der Waals surface area contributed by atoms with Crippen molar-refractivity contribution in [1.29, 1.82) is 0 Å². The number of carbonyl (C=O) groups excluding carboxylic acids is 3. The maximum atomic E-state index is 13.5. The Morgan fingerprint density at radius 2 is 2.02 bits per heavy atom. The van der Waals surface area contributed by atoms with Gasteiger partial charge in [0.25, 0.3) is 5.91 Å². The van der Waals surface area contributed by atoms with E-state index in [9.17, 15) is 27.6 Å². The SMILES string of the molecule is COC(=O)C[C@H](NC(=O)CNC(=O)c1cc(NC2=NCC(F)CN2)c2cn[nH]c2c1)c1cc(OC(F)F)cc(-n2cccn2)c1. The van der Waals surface area contributed by atoms with Gasteiger partial charge in [0.2, 0.25) is 5.91 Å². The minimum Gasteiger partial charge on any atom is -0.469 e. The highest BCUT2D eigenvalue weighted by molar-refractivity contribution is 6.07. The van der Waals surface area contributed by atoms with Gasteiger partial charge in [0.05, 0.1) is 62.3 Å². The number of hydrogen-bond donors (Lipinski definition) is 5. The number of halogens is 3. The van der Waals surface area contributed by atoms with Crippen molar-refractivity contribution in [1.82, 2.24) is 35.9 Å². The zero-order chi connectivity index (χ0) is 31.9. The van der Waals surface area contributed by atoms with Gasteiger partial charge in [-0.3, -0.25) is 19.5 Å². The quantitative estimate of drug-likeness (QED) is 0.156. The number of aliphatic imine (C=N–C) groups is 1. The van der Waals surface area contributed by atoms with Crippen LogP contribution in [0.1, 0.15) is 28.4 Å². The van der Waals surface area contributed by atoms with Gasteiger partial charge in [-0.05, 0) is 35.9 Å². The number of nitrogens with one attached hydrogen (secondary N) is 5. The highest BCUT2D eigenvalue weighted by atomic mass is 19.3.